The number of methoxy groups -OCH3 is 1. The van der Waals surface area contributed by atoms with Crippen LogP contribution in [0.3, 0.4) is 0 Å². The molecular formula is C26H39ClO4. The van der Waals surface area contributed by atoms with E-state index in [1.807, 2.05) is 12.1 Å². The molecular weight excluding hydrogens is 412 g/mol. The Labute approximate surface area is 192 Å². The van der Waals surface area contributed by atoms with Crippen molar-refractivity contribution in [3.63, 3.8) is 0 Å². The average Bonchev–Trinajstić information content (AvgIpc) is 3.08. The second-order valence-corrected chi connectivity index (χ2v) is 10.1. The number of rotatable bonds is 10. The van der Waals surface area contributed by atoms with Crippen LogP contribution in [0.5, 0.6) is 0 Å². The van der Waals surface area contributed by atoms with Crippen molar-refractivity contribution in [1.29, 1.82) is 0 Å². The van der Waals surface area contributed by atoms with E-state index in [4.69, 9.17) is 11.6 Å². The van der Waals surface area contributed by atoms with Crippen LogP contribution in [0.4, 0.5) is 0 Å². The molecule has 2 fully saturated rings. The van der Waals surface area contributed by atoms with E-state index in [0.29, 0.717) is 18.8 Å². The van der Waals surface area contributed by atoms with Gasteiger partial charge in [0.15, 0.2) is 0 Å². The molecule has 0 amide bonds. The Morgan fingerprint density at radius 1 is 1.10 bits per heavy atom. The minimum absolute atomic E-state index is 0.0115. The minimum Gasteiger partial charge on any atom is -0.469 e. The smallest absolute Gasteiger partial charge is 0.305 e. The third-order valence-corrected chi connectivity index (χ3v) is 7.96. The molecule has 2 aliphatic rings. The lowest BCUT2D eigenvalue weighted by Crippen LogP contribution is -2.19. The van der Waals surface area contributed by atoms with Crippen LogP contribution in [0.2, 0.25) is 0 Å². The van der Waals surface area contributed by atoms with Crippen LogP contribution in [0.25, 0.3) is 0 Å². The Hall–Kier alpha value is -1.10. The molecule has 31 heavy (non-hydrogen) atoms. The van der Waals surface area contributed by atoms with Gasteiger partial charge in [-0.2, -0.15) is 0 Å². The van der Waals surface area contributed by atoms with Gasteiger partial charge in [0.25, 0.3) is 0 Å². The zero-order valence-electron chi connectivity index (χ0n) is 18.8. The van der Waals surface area contributed by atoms with E-state index in [1.165, 1.54) is 26.4 Å². The van der Waals surface area contributed by atoms with Gasteiger partial charge < -0.3 is 14.9 Å². The maximum atomic E-state index is 11.2. The highest BCUT2D eigenvalue weighted by Crippen LogP contribution is 2.45. The van der Waals surface area contributed by atoms with Crippen LogP contribution < -0.4 is 0 Å². The summed E-state index contributed by atoms with van der Waals surface area (Å²) in [6.07, 6.45) is 11.2. The van der Waals surface area contributed by atoms with E-state index in [9.17, 15) is 15.0 Å². The van der Waals surface area contributed by atoms with Gasteiger partial charge in [-0.15, -0.1) is 11.6 Å². The fourth-order valence-corrected chi connectivity index (χ4v) is 6.10. The van der Waals surface area contributed by atoms with Gasteiger partial charge in [-0.3, -0.25) is 4.79 Å². The maximum Gasteiger partial charge on any atom is 0.305 e. The van der Waals surface area contributed by atoms with E-state index < -0.39 is 6.10 Å². The molecule has 2 N–H and O–H groups in total. The lowest BCUT2D eigenvalue weighted by atomic mass is 9.81. The van der Waals surface area contributed by atoms with Crippen molar-refractivity contribution in [3.05, 3.63) is 35.4 Å². The normalized spacial score (nSPS) is 27.9. The third-order valence-electron chi connectivity index (χ3n) is 7.46. The van der Waals surface area contributed by atoms with Gasteiger partial charge in [-0.1, -0.05) is 62.8 Å². The lowest BCUT2D eigenvalue weighted by molar-refractivity contribution is -0.140. The van der Waals surface area contributed by atoms with Crippen LogP contribution >= 0.6 is 11.6 Å². The van der Waals surface area contributed by atoms with Crippen molar-refractivity contribution in [1.82, 2.24) is 0 Å². The summed E-state index contributed by atoms with van der Waals surface area (Å²) in [4.78, 5) is 11.2. The molecule has 0 radical (unpaired) electrons. The summed E-state index contributed by atoms with van der Waals surface area (Å²) in [7, 11) is 1.43. The summed E-state index contributed by atoms with van der Waals surface area (Å²) >= 11 is 6.64. The number of carbonyl (C=O) groups is 1. The van der Waals surface area contributed by atoms with E-state index in [2.05, 4.69) is 16.9 Å². The molecule has 3 rings (SSSR count). The standard InChI is InChI=1S/C26H39ClO4/c1-31-24(29)12-8-3-2-7-11-21-22(27)17-23(28)25(21)18-13-15-20(16-14-18)26(30)19-9-5-4-6-10-19/h13-16,19,21-23,25-26,28,30H,2-12,17H2,1H3/t21-,22+,23+,25+,26?/m0/s1. The molecule has 0 saturated heterocycles. The first-order chi connectivity index (χ1) is 15.0. The van der Waals surface area contributed by atoms with Crippen molar-refractivity contribution in [2.45, 2.75) is 101 Å². The number of carbonyl (C=O) groups excluding carboxylic acids is 1. The summed E-state index contributed by atoms with van der Waals surface area (Å²) < 4.78 is 4.68. The van der Waals surface area contributed by atoms with Crippen LogP contribution in [0.1, 0.15) is 100 Å². The zero-order valence-corrected chi connectivity index (χ0v) is 19.6. The molecule has 0 bridgehead atoms. The number of hydrogen-bond donors (Lipinski definition) is 2. The fraction of sp³-hybridized carbons (Fsp3) is 0.731. The predicted molar refractivity (Wildman–Crippen MR) is 124 cm³/mol. The molecule has 5 atom stereocenters. The van der Waals surface area contributed by atoms with Crippen molar-refractivity contribution < 1.29 is 19.7 Å². The molecule has 0 aromatic heterocycles. The Balaban J connectivity index is 1.54. The Kier molecular flexibility index (Phi) is 9.68. The van der Waals surface area contributed by atoms with Crippen LogP contribution in [-0.2, 0) is 9.53 Å². The highest BCUT2D eigenvalue weighted by atomic mass is 35.5. The molecule has 0 spiro atoms. The molecule has 1 aromatic rings. The Bertz CT molecular complexity index is 670. The molecule has 2 saturated carbocycles. The van der Waals surface area contributed by atoms with E-state index in [0.717, 1.165) is 56.1 Å². The number of esters is 1. The van der Waals surface area contributed by atoms with Gasteiger partial charge in [0, 0.05) is 17.7 Å². The Morgan fingerprint density at radius 3 is 2.45 bits per heavy atom. The fourth-order valence-electron chi connectivity index (χ4n) is 5.63. The molecule has 2 aliphatic carbocycles. The van der Waals surface area contributed by atoms with Gasteiger partial charge in [0.1, 0.15) is 0 Å². The average molecular weight is 451 g/mol. The van der Waals surface area contributed by atoms with E-state index in [-0.39, 0.29) is 29.3 Å². The molecule has 4 nitrogen and oxygen atoms in total. The van der Waals surface area contributed by atoms with Crippen LogP contribution in [0.15, 0.2) is 24.3 Å². The van der Waals surface area contributed by atoms with E-state index in [1.54, 1.807) is 0 Å². The number of unbranched alkanes of at least 4 members (excludes halogenated alkanes) is 3. The topological polar surface area (TPSA) is 66.8 Å². The van der Waals surface area contributed by atoms with Gasteiger partial charge in [0.05, 0.1) is 19.3 Å². The van der Waals surface area contributed by atoms with Crippen molar-refractivity contribution in [3.8, 4) is 0 Å². The number of hydrogen-bond acceptors (Lipinski definition) is 4. The SMILES string of the molecule is COC(=O)CCCCCC[C@@H]1[C@@H](c2ccc(C(O)C3CCCCC3)cc2)[C@H](O)C[C@H]1Cl. The summed E-state index contributed by atoms with van der Waals surface area (Å²) in [5, 5.41) is 21.5. The van der Waals surface area contributed by atoms with Gasteiger partial charge >= 0.3 is 5.97 Å². The molecule has 1 unspecified atom stereocenters. The highest BCUT2D eigenvalue weighted by molar-refractivity contribution is 6.21. The zero-order chi connectivity index (χ0) is 22.2. The maximum absolute atomic E-state index is 11.2. The second-order valence-electron chi connectivity index (χ2n) is 9.55. The first-order valence-electron chi connectivity index (χ1n) is 12.2. The summed E-state index contributed by atoms with van der Waals surface area (Å²) in [5.41, 5.74) is 2.12. The summed E-state index contributed by atoms with van der Waals surface area (Å²) in [5.74, 6) is 0.539. The van der Waals surface area contributed by atoms with Crippen molar-refractivity contribution >= 4 is 17.6 Å². The van der Waals surface area contributed by atoms with Crippen LogP contribution in [-0.4, -0.2) is 34.8 Å². The lowest BCUT2D eigenvalue weighted by Gasteiger charge is -2.28. The second kappa shape index (κ2) is 12.2. The predicted octanol–water partition coefficient (Wildman–Crippen LogP) is 5.89. The Morgan fingerprint density at radius 2 is 1.77 bits per heavy atom. The highest BCUT2D eigenvalue weighted by Gasteiger charge is 2.41. The molecule has 0 heterocycles. The van der Waals surface area contributed by atoms with Gasteiger partial charge in [0.2, 0.25) is 0 Å². The van der Waals surface area contributed by atoms with Gasteiger partial charge in [-0.05, 0) is 55.1 Å². The first kappa shape index (κ1) is 24.5. The van der Waals surface area contributed by atoms with Crippen molar-refractivity contribution in [2.75, 3.05) is 7.11 Å². The number of aliphatic hydroxyl groups is 2. The van der Waals surface area contributed by atoms with E-state index >= 15 is 0 Å². The summed E-state index contributed by atoms with van der Waals surface area (Å²) in [6, 6.07) is 8.28. The number of ether oxygens (including phenoxy) is 1. The number of alkyl halides is 1. The van der Waals surface area contributed by atoms with Gasteiger partial charge in [-0.25, -0.2) is 0 Å². The molecule has 5 heteroatoms. The van der Waals surface area contributed by atoms with Crippen molar-refractivity contribution in [2.24, 2.45) is 11.8 Å². The minimum atomic E-state index is -0.416. The number of benzene rings is 1. The number of aliphatic hydroxyl groups excluding tert-OH is 2. The monoisotopic (exact) mass is 450 g/mol. The molecule has 1 aromatic carbocycles. The summed E-state index contributed by atoms with van der Waals surface area (Å²) in [6.45, 7) is 0. The van der Waals surface area contributed by atoms with Crippen LogP contribution in [0, 0.1) is 11.8 Å². The number of halogens is 1. The third kappa shape index (κ3) is 6.69. The molecule has 0 aliphatic heterocycles. The largest absolute Gasteiger partial charge is 0.469 e. The quantitative estimate of drug-likeness (QED) is 0.265. The first-order valence-corrected chi connectivity index (χ1v) is 12.6. The molecule has 174 valence electrons.